The Balaban J connectivity index is 2.63. The largest absolute Gasteiger partial charge is 0.478 e. The van der Waals surface area contributed by atoms with E-state index in [2.05, 4.69) is 0 Å². The molecular formula is C13H14N2O3. The van der Waals surface area contributed by atoms with E-state index in [4.69, 9.17) is 5.11 Å². The van der Waals surface area contributed by atoms with Crippen LogP contribution in [0.5, 0.6) is 0 Å². The molecule has 0 unspecified atom stereocenters. The fraction of sp³-hybridized carbons (Fsp3) is 0.231. The van der Waals surface area contributed by atoms with Gasteiger partial charge in [0.2, 0.25) is 0 Å². The predicted molar refractivity (Wildman–Crippen MR) is 67.4 cm³/mol. The lowest BCUT2D eigenvalue weighted by Crippen LogP contribution is -2.25. The Morgan fingerprint density at radius 2 is 1.89 bits per heavy atom. The van der Waals surface area contributed by atoms with Gasteiger partial charge in [0.15, 0.2) is 0 Å². The molecular weight excluding hydrogens is 232 g/mol. The van der Waals surface area contributed by atoms with E-state index < -0.39 is 5.97 Å². The van der Waals surface area contributed by atoms with Crippen molar-refractivity contribution in [2.45, 2.75) is 19.9 Å². The molecule has 94 valence electrons. The minimum atomic E-state index is -1.05. The van der Waals surface area contributed by atoms with E-state index >= 15 is 0 Å². The van der Waals surface area contributed by atoms with Crippen LogP contribution in [0.25, 0.3) is 5.69 Å². The molecule has 2 rings (SSSR count). The molecule has 0 saturated carbocycles. The van der Waals surface area contributed by atoms with Crippen LogP contribution in [0.15, 0.2) is 41.5 Å². The zero-order valence-electron chi connectivity index (χ0n) is 10.2. The number of carbonyl (C=O) groups is 1. The summed E-state index contributed by atoms with van der Waals surface area (Å²) in [7, 11) is 0. The van der Waals surface area contributed by atoms with E-state index in [9.17, 15) is 9.59 Å². The number of para-hydroxylation sites is 1. The molecule has 0 bridgehead atoms. The molecule has 0 saturated heterocycles. The van der Waals surface area contributed by atoms with Crippen molar-refractivity contribution in [1.29, 1.82) is 0 Å². The average Bonchev–Trinajstić information content (AvgIpc) is 2.71. The highest BCUT2D eigenvalue weighted by atomic mass is 16.4. The Hall–Kier alpha value is -2.30. The number of aromatic carboxylic acids is 1. The van der Waals surface area contributed by atoms with E-state index in [1.165, 1.54) is 10.6 Å². The molecule has 0 amide bonds. The molecule has 0 spiro atoms. The highest BCUT2D eigenvalue weighted by Crippen LogP contribution is 2.13. The number of nitrogens with zero attached hydrogens (tertiary/aromatic N) is 2. The lowest BCUT2D eigenvalue weighted by atomic mass is 10.2. The second-order valence-corrected chi connectivity index (χ2v) is 4.27. The summed E-state index contributed by atoms with van der Waals surface area (Å²) in [6.07, 6.45) is 3.25. The van der Waals surface area contributed by atoms with Gasteiger partial charge in [-0.1, -0.05) is 12.1 Å². The Bertz CT molecular complexity index is 638. The third-order valence-electron chi connectivity index (χ3n) is 2.75. The molecule has 18 heavy (non-hydrogen) atoms. The van der Waals surface area contributed by atoms with E-state index in [0.717, 1.165) is 0 Å². The van der Waals surface area contributed by atoms with E-state index in [1.807, 2.05) is 13.8 Å². The van der Waals surface area contributed by atoms with Crippen LogP contribution in [0.4, 0.5) is 0 Å². The van der Waals surface area contributed by atoms with Crippen LogP contribution in [0.2, 0.25) is 0 Å². The molecule has 0 aliphatic heterocycles. The van der Waals surface area contributed by atoms with Crippen molar-refractivity contribution in [3.8, 4) is 5.69 Å². The van der Waals surface area contributed by atoms with Gasteiger partial charge in [-0.15, -0.1) is 0 Å². The maximum Gasteiger partial charge on any atom is 0.337 e. The van der Waals surface area contributed by atoms with Gasteiger partial charge < -0.3 is 5.11 Å². The summed E-state index contributed by atoms with van der Waals surface area (Å²) in [4.78, 5) is 23.2. The molecule has 1 N–H and O–H groups in total. The maximum atomic E-state index is 12.1. The third-order valence-corrected chi connectivity index (χ3v) is 2.75. The van der Waals surface area contributed by atoms with Gasteiger partial charge in [0.25, 0.3) is 0 Å². The van der Waals surface area contributed by atoms with Crippen LogP contribution in [0.1, 0.15) is 30.2 Å². The Labute approximate surface area is 104 Å². The first-order valence-electron chi connectivity index (χ1n) is 5.64. The summed E-state index contributed by atoms with van der Waals surface area (Å²) >= 11 is 0. The lowest BCUT2D eigenvalue weighted by Gasteiger charge is -2.07. The van der Waals surface area contributed by atoms with Crippen LogP contribution >= 0.6 is 0 Å². The first kappa shape index (κ1) is 12.2. The first-order chi connectivity index (χ1) is 8.52. The number of hydrogen-bond donors (Lipinski definition) is 1. The number of aromatic nitrogens is 2. The van der Waals surface area contributed by atoms with Gasteiger partial charge >= 0.3 is 11.7 Å². The van der Waals surface area contributed by atoms with Crippen LogP contribution in [0.3, 0.4) is 0 Å². The first-order valence-corrected chi connectivity index (χ1v) is 5.64. The topological polar surface area (TPSA) is 64.2 Å². The SMILES string of the molecule is CC(C)n1ccn(-c2ccccc2C(=O)O)c1=O. The molecule has 1 aromatic heterocycles. The van der Waals surface area contributed by atoms with Crippen LogP contribution < -0.4 is 5.69 Å². The zero-order chi connectivity index (χ0) is 13.3. The second kappa shape index (κ2) is 4.52. The molecule has 5 nitrogen and oxygen atoms in total. The normalized spacial score (nSPS) is 10.8. The van der Waals surface area contributed by atoms with Gasteiger partial charge in [-0.25, -0.2) is 9.59 Å². The fourth-order valence-corrected chi connectivity index (χ4v) is 1.83. The predicted octanol–water partition coefficient (Wildman–Crippen LogP) is 1.92. The van der Waals surface area contributed by atoms with Crippen molar-refractivity contribution in [2.24, 2.45) is 0 Å². The number of carboxylic acid groups (broad SMARTS) is 1. The van der Waals surface area contributed by atoms with Crippen LogP contribution in [-0.4, -0.2) is 20.2 Å². The average molecular weight is 246 g/mol. The molecule has 2 aromatic rings. The molecule has 1 heterocycles. The Morgan fingerprint density at radius 3 is 2.44 bits per heavy atom. The van der Waals surface area contributed by atoms with Gasteiger partial charge in [-0.2, -0.15) is 0 Å². The molecule has 5 heteroatoms. The number of benzene rings is 1. The Morgan fingerprint density at radius 1 is 1.22 bits per heavy atom. The van der Waals surface area contributed by atoms with Crippen LogP contribution in [0, 0.1) is 0 Å². The minimum absolute atomic E-state index is 0.0377. The maximum absolute atomic E-state index is 12.1. The van der Waals surface area contributed by atoms with E-state index in [0.29, 0.717) is 5.69 Å². The van der Waals surface area contributed by atoms with Crippen LogP contribution in [-0.2, 0) is 0 Å². The van der Waals surface area contributed by atoms with E-state index in [1.54, 1.807) is 35.2 Å². The zero-order valence-corrected chi connectivity index (χ0v) is 10.2. The summed E-state index contributed by atoms with van der Waals surface area (Å²) in [6.45, 7) is 3.80. The van der Waals surface area contributed by atoms with Crippen molar-refractivity contribution in [3.63, 3.8) is 0 Å². The highest BCUT2D eigenvalue weighted by molar-refractivity contribution is 5.91. The van der Waals surface area contributed by atoms with Crippen molar-refractivity contribution >= 4 is 5.97 Å². The van der Waals surface area contributed by atoms with Crippen molar-refractivity contribution < 1.29 is 9.90 Å². The van der Waals surface area contributed by atoms with Gasteiger partial charge in [-0.05, 0) is 26.0 Å². The molecule has 0 radical (unpaired) electrons. The summed E-state index contributed by atoms with van der Waals surface area (Å²) in [5, 5.41) is 9.11. The number of hydrogen-bond acceptors (Lipinski definition) is 2. The van der Waals surface area contributed by atoms with Gasteiger partial charge in [-0.3, -0.25) is 9.13 Å². The highest BCUT2D eigenvalue weighted by Gasteiger charge is 2.14. The van der Waals surface area contributed by atoms with Gasteiger partial charge in [0, 0.05) is 18.4 Å². The number of rotatable bonds is 3. The summed E-state index contributed by atoms with van der Waals surface area (Å²) in [5.41, 5.74) is 0.259. The van der Waals surface area contributed by atoms with Gasteiger partial charge in [0.1, 0.15) is 0 Å². The quantitative estimate of drug-likeness (QED) is 0.899. The van der Waals surface area contributed by atoms with Gasteiger partial charge in [0.05, 0.1) is 11.3 Å². The fourth-order valence-electron chi connectivity index (χ4n) is 1.83. The van der Waals surface area contributed by atoms with Crippen molar-refractivity contribution in [2.75, 3.05) is 0 Å². The second-order valence-electron chi connectivity index (χ2n) is 4.27. The number of carboxylic acids is 1. The molecule has 1 aromatic carbocycles. The summed E-state index contributed by atoms with van der Waals surface area (Å²) in [6, 6.07) is 6.49. The molecule has 0 aliphatic rings. The van der Waals surface area contributed by atoms with Crippen molar-refractivity contribution in [3.05, 3.63) is 52.7 Å². The standard InChI is InChI=1S/C13H14N2O3/c1-9(2)14-7-8-15(13(14)18)11-6-4-3-5-10(11)12(16)17/h3-9H,1-2H3,(H,16,17). The molecule has 0 atom stereocenters. The van der Waals surface area contributed by atoms with Crippen molar-refractivity contribution in [1.82, 2.24) is 9.13 Å². The number of imidazole rings is 1. The Kier molecular flexibility index (Phi) is 3.06. The third kappa shape index (κ3) is 1.95. The molecule has 0 fully saturated rings. The lowest BCUT2D eigenvalue weighted by molar-refractivity contribution is 0.0697. The smallest absolute Gasteiger partial charge is 0.337 e. The van der Waals surface area contributed by atoms with E-state index in [-0.39, 0.29) is 17.3 Å². The monoisotopic (exact) mass is 246 g/mol. The summed E-state index contributed by atoms with van der Waals surface area (Å²) in [5.74, 6) is -1.05. The molecule has 0 aliphatic carbocycles. The summed E-state index contributed by atoms with van der Waals surface area (Å²) < 4.78 is 2.90. The minimum Gasteiger partial charge on any atom is -0.478 e.